The Morgan fingerprint density at radius 2 is 2.00 bits per heavy atom. The van der Waals surface area contributed by atoms with E-state index >= 15 is 0 Å². The van der Waals surface area contributed by atoms with E-state index in [1.807, 2.05) is 0 Å². The molecule has 2 fully saturated rings. The van der Waals surface area contributed by atoms with E-state index in [4.69, 9.17) is 5.73 Å². The van der Waals surface area contributed by atoms with Gasteiger partial charge in [-0.05, 0) is 52.2 Å². The lowest BCUT2D eigenvalue weighted by atomic mass is 9.76. The second kappa shape index (κ2) is 6.55. The molecule has 0 aromatic rings. The summed E-state index contributed by atoms with van der Waals surface area (Å²) in [5, 5.41) is 0. The van der Waals surface area contributed by atoms with Crippen molar-refractivity contribution in [2.45, 2.75) is 64.0 Å². The van der Waals surface area contributed by atoms with Crippen LogP contribution in [-0.2, 0) is 0 Å². The third-order valence-corrected chi connectivity index (χ3v) is 5.70. The third kappa shape index (κ3) is 3.50. The van der Waals surface area contributed by atoms with Crippen molar-refractivity contribution < 1.29 is 0 Å². The van der Waals surface area contributed by atoms with Crippen molar-refractivity contribution in [1.82, 2.24) is 9.80 Å². The van der Waals surface area contributed by atoms with Crippen molar-refractivity contribution in [3.05, 3.63) is 0 Å². The topological polar surface area (TPSA) is 32.5 Å². The maximum Gasteiger partial charge on any atom is 0.0303 e. The molecule has 1 saturated heterocycles. The van der Waals surface area contributed by atoms with E-state index in [0.717, 1.165) is 18.5 Å². The Labute approximate surface area is 119 Å². The van der Waals surface area contributed by atoms with Crippen LogP contribution in [0.15, 0.2) is 0 Å². The Morgan fingerprint density at radius 1 is 1.26 bits per heavy atom. The summed E-state index contributed by atoms with van der Waals surface area (Å²) in [7, 11) is 2.29. The van der Waals surface area contributed by atoms with Gasteiger partial charge in [-0.2, -0.15) is 0 Å². The van der Waals surface area contributed by atoms with E-state index in [0.29, 0.717) is 0 Å². The lowest BCUT2D eigenvalue weighted by molar-refractivity contribution is 0.0683. The average molecular weight is 267 g/mol. The van der Waals surface area contributed by atoms with Gasteiger partial charge in [-0.15, -0.1) is 0 Å². The molecule has 0 bridgehead atoms. The van der Waals surface area contributed by atoms with Crippen LogP contribution in [0.1, 0.15) is 52.4 Å². The molecular formula is C16H33N3. The van der Waals surface area contributed by atoms with Crippen molar-refractivity contribution in [3.63, 3.8) is 0 Å². The molecule has 1 aliphatic heterocycles. The standard InChI is InChI=1S/C16H33N3/c1-4-19-10-6-9-15(19)12-18(3)16(2,13-17)11-14-7-5-8-14/h14-15H,4-13,17H2,1-3H3. The van der Waals surface area contributed by atoms with Crippen LogP contribution in [0, 0.1) is 5.92 Å². The van der Waals surface area contributed by atoms with Crippen LogP contribution in [-0.4, -0.2) is 54.6 Å². The largest absolute Gasteiger partial charge is 0.329 e. The molecule has 0 amide bonds. The van der Waals surface area contributed by atoms with Crippen molar-refractivity contribution in [1.29, 1.82) is 0 Å². The number of likely N-dealkylation sites (tertiary alicyclic amines) is 1. The third-order valence-electron chi connectivity index (χ3n) is 5.70. The SMILES string of the molecule is CCN1CCCC1CN(C)C(C)(CN)CC1CCC1. The van der Waals surface area contributed by atoms with Gasteiger partial charge in [-0.3, -0.25) is 9.80 Å². The minimum atomic E-state index is 0.201. The predicted molar refractivity (Wildman–Crippen MR) is 82.3 cm³/mol. The molecule has 2 rings (SSSR count). The van der Waals surface area contributed by atoms with Crippen molar-refractivity contribution >= 4 is 0 Å². The van der Waals surface area contributed by atoms with Gasteiger partial charge < -0.3 is 5.73 Å². The van der Waals surface area contributed by atoms with Gasteiger partial charge in [0.05, 0.1) is 0 Å². The van der Waals surface area contributed by atoms with Crippen LogP contribution in [0.2, 0.25) is 0 Å². The van der Waals surface area contributed by atoms with Crippen LogP contribution < -0.4 is 5.73 Å². The maximum absolute atomic E-state index is 6.12. The van der Waals surface area contributed by atoms with Crippen LogP contribution in [0.25, 0.3) is 0 Å². The number of rotatable bonds is 7. The summed E-state index contributed by atoms with van der Waals surface area (Å²) in [6, 6.07) is 0.752. The number of hydrogen-bond donors (Lipinski definition) is 1. The zero-order valence-corrected chi connectivity index (χ0v) is 13.2. The van der Waals surface area contributed by atoms with Gasteiger partial charge in [0.2, 0.25) is 0 Å². The molecule has 0 aromatic heterocycles. The Hall–Kier alpha value is -0.120. The molecule has 2 unspecified atom stereocenters. The summed E-state index contributed by atoms with van der Waals surface area (Å²) >= 11 is 0. The fraction of sp³-hybridized carbons (Fsp3) is 1.00. The summed E-state index contributed by atoms with van der Waals surface area (Å²) in [6.45, 7) is 9.12. The predicted octanol–water partition coefficient (Wildman–Crippen LogP) is 2.31. The summed E-state index contributed by atoms with van der Waals surface area (Å²) in [5.41, 5.74) is 6.32. The fourth-order valence-corrected chi connectivity index (χ4v) is 3.77. The molecule has 1 aliphatic carbocycles. The fourth-order valence-electron chi connectivity index (χ4n) is 3.77. The number of nitrogens with zero attached hydrogens (tertiary/aromatic N) is 2. The zero-order chi connectivity index (χ0) is 13.9. The molecule has 19 heavy (non-hydrogen) atoms. The molecule has 2 aliphatic rings. The highest BCUT2D eigenvalue weighted by molar-refractivity contribution is 4.92. The monoisotopic (exact) mass is 267 g/mol. The molecule has 2 N–H and O–H groups in total. The zero-order valence-electron chi connectivity index (χ0n) is 13.2. The number of nitrogens with two attached hydrogens (primary N) is 1. The first kappa shape index (κ1) is 15.3. The average Bonchev–Trinajstić information content (AvgIpc) is 2.80. The Balaban J connectivity index is 1.89. The van der Waals surface area contributed by atoms with Gasteiger partial charge in [-0.1, -0.05) is 26.2 Å². The first-order valence-corrected chi connectivity index (χ1v) is 8.24. The van der Waals surface area contributed by atoms with Crippen molar-refractivity contribution in [3.8, 4) is 0 Å². The number of likely N-dealkylation sites (N-methyl/N-ethyl adjacent to an activating group) is 2. The van der Waals surface area contributed by atoms with Crippen LogP contribution >= 0.6 is 0 Å². The van der Waals surface area contributed by atoms with E-state index in [1.54, 1.807) is 0 Å². The molecule has 3 heteroatoms. The molecule has 3 nitrogen and oxygen atoms in total. The van der Waals surface area contributed by atoms with Crippen molar-refractivity contribution in [2.24, 2.45) is 11.7 Å². The van der Waals surface area contributed by atoms with Gasteiger partial charge in [0.1, 0.15) is 0 Å². The van der Waals surface area contributed by atoms with E-state index in [2.05, 4.69) is 30.7 Å². The first-order valence-electron chi connectivity index (χ1n) is 8.24. The molecule has 1 heterocycles. The van der Waals surface area contributed by atoms with Gasteiger partial charge in [0.15, 0.2) is 0 Å². The lowest BCUT2D eigenvalue weighted by Crippen LogP contribution is -2.54. The molecule has 112 valence electrons. The molecule has 0 radical (unpaired) electrons. The van der Waals surface area contributed by atoms with Crippen LogP contribution in [0.4, 0.5) is 0 Å². The van der Waals surface area contributed by atoms with E-state index in [1.165, 1.54) is 58.2 Å². The second-order valence-corrected chi connectivity index (χ2v) is 7.01. The van der Waals surface area contributed by atoms with E-state index in [-0.39, 0.29) is 5.54 Å². The highest BCUT2D eigenvalue weighted by Crippen LogP contribution is 2.35. The van der Waals surface area contributed by atoms with E-state index < -0.39 is 0 Å². The van der Waals surface area contributed by atoms with Gasteiger partial charge in [0, 0.05) is 24.7 Å². The minimum Gasteiger partial charge on any atom is -0.329 e. The molecule has 0 aromatic carbocycles. The number of hydrogen-bond acceptors (Lipinski definition) is 3. The quantitative estimate of drug-likeness (QED) is 0.768. The normalized spacial score (nSPS) is 28.6. The van der Waals surface area contributed by atoms with Crippen molar-refractivity contribution in [2.75, 3.05) is 33.2 Å². The highest BCUT2D eigenvalue weighted by Gasteiger charge is 2.35. The lowest BCUT2D eigenvalue weighted by Gasteiger charge is -2.44. The van der Waals surface area contributed by atoms with Gasteiger partial charge in [-0.25, -0.2) is 0 Å². The highest BCUT2D eigenvalue weighted by atomic mass is 15.3. The summed E-state index contributed by atoms with van der Waals surface area (Å²) in [5.74, 6) is 0.932. The molecule has 0 spiro atoms. The molecule has 1 saturated carbocycles. The van der Waals surface area contributed by atoms with Gasteiger partial charge in [0.25, 0.3) is 0 Å². The summed E-state index contributed by atoms with van der Waals surface area (Å²) < 4.78 is 0. The van der Waals surface area contributed by atoms with E-state index in [9.17, 15) is 0 Å². The smallest absolute Gasteiger partial charge is 0.0303 e. The molecule has 2 atom stereocenters. The maximum atomic E-state index is 6.12. The Bertz CT molecular complexity index is 277. The first-order chi connectivity index (χ1) is 9.09. The summed E-state index contributed by atoms with van der Waals surface area (Å²) in [6.07, 6.45) is 8.30. The minimum absolute atomic E-state index is 0.201. The Kier molecular flexibility index (Phi) is 5.27. The molecular weight excluding hydrogens is 234 g/mol. The summed E-state index contributed by atoms with van der Waals surface area (Å²) in [4.78, 5) is 5.20. The second-order valence-electron chi connectivity index (χ2n) is 7.01. The van der Waals surface area contributed by atoms with Crippen LogP contribution in [0.3, 0.4) is 0 Å². The Morgan fingerprint density at radius 3 is 2.53 bits per heavy atom. The van der Waals surface area contributed by atoms with Gasteiger partial charge >= 0.3 is 0 Å². The van der Waals surface area contributed by atoms with Crippen LogP contribution in [0.5, 0.6) is 0 Å².